The van der Waals surface area contributed by atoms with Crippen molar-refractivity contribution >= 4 is 49.6 Å². The van der Waals surface area contributed by atoms with Gasteiger partial charge in [-0.3, -0.25) is 0 Å². The molecule has 1 N–H and O–H groups in total. The standard InChI is InChI=1S/C14H10BrIN2/c1-8-6-9(15)7-12-13(8)18-14(17-12)10-4-2-3-5-11(10)16/h2-7H,1H3,(H,17,18). The predicted octanol–water partition coefficient (Wildman–Crippen LogP) is 4.91. The summed E-state index contributed by atoms with van der Waals surface area (Å²) in [6, 6.07) is 12.4. The Bertz CT molecular complexity index is 734. The van der Waals surface area contributed by atoms with E-state index < -0.39 is 0 Å². The number of benzene rings is 2. The van der Waals surface area contributed by atoms with Crippen LogP contribution in [0.1, 0.15) is 5.56 Å². The molecule has 0 spiro atoms. The van der Waals surface area contributed by atoms with Gasteiger partial charge in [-0.1, -0.05) is 34.1 Å². The van der Waals surface area contributed by atoms with Crippen LogP contribution in [-0.2, 0) is 0 Å². The third-order valence-electron chi connectivity index (χ3n) is 2.87. The molecule has 0 aliphatic carbocycles. The molecule has 2 aromatic carbocycles. The van der Waals surface area contributed by atoms with Crippen molar-refractivity contribution in [2.24, 2.45) is 0 Å². The highest BCUT2D eigenvalue weighted by molar-refractivity contribution is 14.1. The number of imidazole rings is 1. The van der Waals surface area contributed by atoms with Crippen LogP contribution in [0.15, 0.2) is 40.9 Å². The minimum Gasteiger partial charge on any atom is -0.338 e. The summed E-state index contributed by atoms with van der Waals surface area (Å²) in [7, 11) is 0. The number of aromatic nitrogens is 2. The second-order valence-electron chi connectivity index (χ2n) is 4.18. The largest absolute Gasteiger partial charge is 0.338 e. The highest BCUT2D eigenvalue weighted by Crippen LogP contribution is 2.28. The molecule has 0 atom stereocenters. The van der Waals surface area contributed by atoms with Gasteiger partial charge in [0.05, 0.1) is 11.0 Å². The van der Waals surface area contributed by atoms with E-state index in [1.165, 1.54) is 9.13 Å². The van der Waals surface area contributed by atoms with Gasteiger partial charge in [0.25, 0.3) is 0 Å². The summed E-state index contributed by atoms with van der Waals surface area (Å²) in [5.74, 6) is 0.927. The van der Waals surface area contributed by atoms with Gasteiger partial charge < -0.3 is 4.98 Å². The zero-order valence-electron chi connectivity index (χ0n) is 9.67. The molecule has 1 aromatic heterocycles. The van der Waals surface area contributed by atoms with Gasteiger partial charge in [0.15, 0.2) is 0 Å². The molecule has 0 saturated carbocycles. The fourth-order valence-electron chi connectivity index (χ4n) is 2.03. The zero-order chi connectivity index (χ0) is 12.7. The molecule has 4 heteroatoms. The lowest BCUT2D eigenvalue weighted by Gasteiger charge is -1.98. The summed E-state index contributed by atoms with van der Waals surface area (Å²) in [6.07, 6.45) is 0. The Morgan fingerprint density at radius 1 is 1.22 bits per heavy atom. The minimum absolute atomic E-state index is 0.927. The maximum absolute atomic E-state index is 4.70. The number of H-pyrrole nitrogens is 1. The van der Waals surface area contributed by atoms with Crippen LogP contribution in [0.4, 0.5) is 0 Å². The number of nitrogens with one attached hydrogen (secondary N) is 1. The number of nitrogens with zero attached hydrogens (tertiary/aromatic N) is 1. The molecule has 0 aliphatic rings. The molecule has 0 aliphatic heterocycles. The minimum atomic E-state index is 0.927. The summed E-state index contributed by atoms with van der Waals surface area (Å²) < 4.78 is 2.27. The van der Waals surface area contributed by atoms with E-state index in [2.05, 4.69) is 74.7 Å². The van der Waals surface area contributed by atoms with Crippen molar-refractivity contribution in [3.8, 4) is 11.4 Å². The van der Waals surface area contributed by atoms with Crippen molar-refractivity contribution in [2.45, 2.75) is 6.92 Å². The summed E-state index contributed by atoms with van der Waals surface area (Å²) in [5, 5.41) is 0. The Labute approximate surface area is 127 Å². The van der Waals surface area contributed by atoms with Gasteiger partial charge >= 0.3 is 0 Å². The second kappa shape index (κ2) is 4.66. The van der Waals surface area contributed by atoms with Crippen LogP contribution in [0.3, 0.4) is 0 Å². The van der Waals surface area contributed by atoms with Gasteiger partial charge in [0.1, 0.15) is 5.82 Å². The fourth-order valence-corrected chi connectivity index (χ4v) is 3.24. The van der Waals surface area contributed by atoms with Gasteiger partial charge in [-0.15, -0.1) is 0 Å². The topological polar surface area (TPSA) is 28.7 Å². The fraction of sp³-hybridized carbons (Fsp3) is 0.0714. The average molecular weight is 413 g/mol. The molecule has 3 rings (SSSR count). The van der Waals surface area contributed by atoms with Gasteiger partial charge in [-0.05, 0) is 53.3 Å². The summed E-state index contributed by atoms with van der Waals surface area (Å²) >= 11 is 5.85. The molecular formula is C14H10BrIN2. The van der Waals surface area contributed by atoms with Gasteiger partial charge in [0.2, 0.25) is 0 Å². The number of rotatable bonds is 1. The third kappa shape index (κ3) is 2.07. The number of hydrogen-bond acceptors (Lipinski definition) is 1. The first kappa shape index (κ1) is 12.2. The molecule has 0 bridgehead atoms. The van der Waals surface area contributed by atoms with Crippen molar-refractivity contribution in [2.75, 3.05) is 0 Å². The van der Waals surface area contributed by atoms with Crippen LogP contribution < -0.4 is 0 Å². The van der Waals surface area contributed by atoms with Crippen LogP contribution >= 0.6 is 38.5 Å². The first-order chi connectivity index (χ1) is 8.65. The molecule has 0 radical (unpaired) electrons. The molecule has 1 heterocycles. The van der Waals surface area contributed by atoms with E-state index in [0.717, 1.165) is 26.9 Å². The highest BCUT2D eigenvalue weighted by Gasteiger charge is 2.10. The van der Waals surface area contributed by atoms with Crippen molar-refractivity contribution in [1.82, 2.24) is 9.97 Å². The van der Waals surface area contributed by atoms with Crippen molar-refractivity contribution in [3.63, 3.8) is 0 Å². The zero-order valence-corrected chi connectivity index (χ0v) is 13.4. The van der Waals surface area contributed by atoms with Crippen LogP contribution in [0, 0.1) is 10.5 Å². The van der Waals surface area contributed by atoms with E-state index in [9.17, 15) is 0 Å². The molecule has 2 nitrogen and oxygen atoms in total. The molecule has 90 valence electrons. The summed E-state index contributed by atoms with van der Waals surface area (Å²) in [6.45, 7) is 2.08. The Morgan fingerprint density at radius 2 is 2.00 bits per heavy atom. The lowest BCUT2D eigenvalue weighted by atomic mass is 10.2. The van der Waals surface area contributed by atoms with Gasteiger partial charge in [-0.25, -0.2) is 4.98 Å². The van der Waals surface area contributed by atoms with Crippen molar-refractivity contribution in [3.05, 3.63) is 50.0 Å². The molecule has 18 heavy (non-hydrogen) atoms. The Hall–Kier alpha value is -0.880. The van der Waals surface area contributed by atoms with Crippen LogP contribution in [0.25, 0.3) is 22.4 Å². The SMILES string of the molecule is Cc1cc(Br)cc2[nH]c(-c3ccccc3I)nc12. The number of fused-ring (bicyclic) bond motifs is 1. The van der Waals surface area contributed by atoms with Crippen LogP contribution in [0.2, 0.25) is 0 Å². The Kier molecular flexibility index (Phi) is 3.15. The monoisotopic (exact) mass is 412 g/mol. The van der Waals surface area contributed by atoms with Crippen molar-refractivity contribution in [1.29, 1.82) is 0 Å². The Balaban J connectivity index is 2.26. The lowest BCUT2D eigenvalue weighted by Crippen LogP contribution is -1.83. The molecular weight excluding hydrogens is 403 g/mol. The van der Waals surface area contributed by atoms with E-state index in [-0.39, 0.29) is 0 Å². The van der Waals surface area contributed by atoms with Crippen LogP contribution in [-0.4, -0.2) is 9.97 Å². The summed E-state index contributed by atoms with van der Waals surface area (Å²) in [4.78, 5) is 8.09. The van der Waals surface area contributed by atoms with Crippen LogP contribution in [0.5, 0.6) is 0 Å². The van der Waals surface area contributed by atoms with E-state index in [1.54, 1.807) is 0 Å². The molecule has 0 saturated heterocycles. The van der Waals surface area contributed by atoms with E-state index in [4.69, 9.17) is 4.98 Å². The molecule has 3 aromatic rings. The number of hydrogen-bond donors (Lipinski definition) is 1. The molecule has 0 fully saturated rings. The smallest absolute Gasteiger partial charge is 0.139 e. The Morgan fingerprint density at radius 3 is 2.78 bits per heavy atom. The predicted molar refractivity (Wildman–Crippen MR) is 86.7 cm³/mol. The second-order valence-corrected chi connectivity index (χ2v) is 6.26. The first-order valence-electron chi connectivity index (χ1n) is 5.56. The average Bonchev–Trinajstić information content (AvgIpc) is 2.73. The van der Waals surface area contributed by atoms with E-state index in [0.29, 0.717) is 0 Å². The quantitative estimate of drug-likeness (QED) is 0.565. The lowest BCUT2D eigenvalue weighted by molar-refractivity contribution is 1.32. The highest BCUT2D eigenvalue weighted by atomic mass is 127. The number of aryl methyl sites for hydroxylation is 1. The van der Waals surface area contributed by atoms with Crippen molar-refractivity contribution < 1.29 is 0 Å². The first-order valence-corrected chi connectivity index (χ1v) is 7.43. The van der Waals surface area contributed by atoms with Gasteiger partial charge in [0, 0.05) is 13.6 Å². The molecule has 0 unspecified atom stereocenters. The number of halogens is 2. The number of aromatic amines is 1. The normalized spacial score (nSPS) is 11.1. The summed E-state index contributed by atoms with van der Waals surface area (Å²) in [5.41, 5.74) is 4.42. The van der Waals surface area contributed by atoms with Gasteiger partial charge in [-0.2, -0.15) is 0 Å². The maximum atomic E-state index is 4.70. The maximum Gasteiger partial charge on any atom is 0.139 e. The van der Waals surface area contributed by atoms with E-state index >= 15 is 0 Å². The molecule has 0 amide bonds. The van der Waals surface area contributed by atoms with E-state index in [1.807, 2.05) is 12.1 Å². The third-order valence-corrected chi connectivity index (χ3v) is 4.27.